The molecule has 0 radical (unpaired) electrons. The van der Waals surface area contributed by atoms with Crippen LogP contribution >= 0.6 is 12.6 Å². The smallest absolute Gasteiger partial charge is 0.307 e. The molecule has 0 aliphatic heterocycles. The zero-order valence-corrected chi connectivity index (χ0v) is 14.3. The van der Waals surface area contributed by atoms with Gasteiger partial charge in [0.05, 0.1) is 12.2 Å². The van der Waals surface area contributed by atoms with E-state index in [2.05, 4.69) is 18.5 Å². The third kappa shape index (κ3) is 5.34. The van der Waals surface area contributed by atoms with E-state index in [0.29, 0.717) is 31.1 Å². The maximum absolute atomic E-state index is 11.5. The first-order valence-electron chi connectivity index (χ1n) is 7.31. The number of hydrogen-bond acceptors (Lipinski definition) is 6. The SMILES string of the molecule is C#CCN(CCn1ccc(=O)c(O)c1C)C(CS)OC(=O)CC. The number of esters is 1. The summed E-state index contributed by atoms with van der Waals surface area (Å²) in [7, 11) is 0. The van der Waals surface area contributed by atoms with E-state index in [-0.39, 0.29) is 18.1 Å². The molecule has 23 heavy (non-hydrogen) atoms. The molecule has 0 aromatic carbocycles. The summed E-state index contributed by atoms with van der Waals surface area (Å²) in [6.45, 7) is 4.64. The van der Waals surface area contributed by atoms with Gasteiger partial charge in [0.1, 0.15) is 0 Å². The van der Waals surface area contributed by atoms with E-state index < -0.39 is 11.7 Å². The van der Waals surface area contributed by atoms with Crippen molar-refractivity contribution in [3.63, 3.8) is 0 Å². The number of aromatic nitrogens is 1. The van der Waals surface area contributed by atoms with Gasteiger partial charge in [-0.05, 0) is 6.92 Å². The number of carbonyl (C=O) groups excluding carboxylic acids is 1. The monoisotopic (exact) mass is 338 g/mol. The fourth-order valence-corrected chi connectivity index (χ4v) is 2.35. The highest BCUT2D eigenvalue weighted by Gasteiger charge is 2.20. The predicted molar refractivity (Wildman–Crippen MR) is 91.5 cm³/mol. The van der Waals surface area contributed by atoms with E-state index in [1.54, 1.807) is 24.6 Å². The van der Waals surface area contributed by atoms with Gasteiger partial charge in [-0.15, -0.1) is 6.42 Å². The Bertz CT molecular complexity index is 636. The highest BCUT2D eigenvalue weighted by molar-refractivity contribution is 7.80. The van der Waals surface area contributed by atoms with Crippen LogP contribution in [0.1, 0.15) is 19.0 Å². The van der Waals surface area contributed by atoms with E-state index in [9.17, 15) is 14.7 Å². The van der Waals surface area contributed by atoms with Gasteiger partial charge in [-0.1, -0.05) is 12.8 Å². The summed E-state index contributed by atoms with van der Waals surface area (Å²) < 4.78 is 7.08. The highest BCUT2D eigenvalue weighted by atomic mass is 32.1. The fourth-order valence-electron chi connectivity index (χ4n) is 2.05. The molecular weight excluding hydrogens is 316 g/mol. The first-order valence-corrected chi connectivity index (χ1v) is 7.94. The number of nitrogens with zero attached hydrogens (tertiary/aromatic N) is 2. The molecule has 1 aromatic heterocycles. The number of carbonyl (C=O) groups is 1. The molecule has 1 unspecified atom stereocenters. The fraction of sp³-hybridized carbons (Fsp3) is 0.500. The molecule has 1 atom stereocenters. The first kappa shape index (κ1) is 19.1. The van der Waals surface area contributed by atoms with Crippen LogP contribution < -0.4 is 5.43 Å². The molecule has 1 aromatic rings. The van der Waals surface area contributed by atoms with Crippen LogP contribution in [0.15, 0.2) is 17.1 Å². The van der Waals surface area contributed by atoms with E-state index in [1.165, 1.54) is 6.07 Å². The van der Waals surface area contributed by atoms with Crippen molar-refractivity contribution < 1.29 is 14.6 Å². The van der Waals surface area contributed by atoms with Crippen LogP contribution in [0.25, 0.3) is 0 Å². The average Bonchev–Trinajstić information content (AvgIpc) is 2.55. The maximum atomic E-state index is 11.5. The van der Waals surface area contributed by atoms with Gasteiger partial charge in [0, 0.05) is 37.5 Å². The summed E-state index contributed by atoms with van der Waals surface area (Å²) >= 11 is 4.22. The van der Waals surface area contributed by atoms with Crippen LogP contribution in [0.3, 0.4) is 0 Å². The minimum absolute atomic E-state index is 0.265. The molecule has 6 nitrogen and oxygen atoms in total. The van der Waals surface area contributed by atoms with Crippen LogP contribution in [0.5, 0.6) is 5.75 Å². The van der Waals surface area contributed by atoms with E-state index in [4.69, 9.17) is 11.2 Å². The quantitative estimate of drug-likeness (QED) is 0.320. The van der Waals surface area contributed by atoms with Gasteiger partial charge in [0.15, 0.2) is 12.0 Å². The van der Waals surface area contributed by atoms with Crippen molar-refractivity contribution >= 4 is 18.6 Å². The summed E-state index contributed by atoms with van der Waals surface area (Å²) in [5, 5.41) is 9.70. The summed E-state index contributed by atoms with van der Waals surface area (Å²) in [4.78, 5) is 24.7. The summed E-state index contributed by atoms with van der Waals surface area (Å²) in [5.41, 5.74) is 0.0653. The summed E-state index contributed by atoms with van der Waals surface area (Å²) in [6.07, 6.45) is 6.75. The highest BCUT2D eigenvalue weighted by Crippen LogP contribution is 2.11. The van der Waals surface area contributed by atoms with Gasteiger partial charge < -0.3 is 14.4 Å². The van der Waals surface area contributed by atoms with Gasteiger partial charge in [-0.25, -0.2) is 0 Å². The zero-order chi connectivity index (χ0) is 17.4. The van der Waals surface area contributed by atoms with Crippen molar-refractivity contribution in [3.8, 4) is 18.1 Å². The molecule has 126 valence electrons. The number of terminal acetylenes is 1. The second kappa shape index (κ2) is 9.28. The molecule has 0 spiro atoms. The van der Waals surface area contributed by atoms with Crippen LogP contribution in [0.4, 0.5) is 0 Å². The number of pyridine rings is 1. The molecule has 0 amide bonds. The van der Waals surface area contributed by atoms with Crippen LogP contribution in [0, 0.1) is 19.3 Å². The maximum Gasteiger partial charge on any atom is 0.307 e. The van der Waals surface area contributed by atoms with Crippen molar-refractivity contribution in [2.45, 2.75) is 33.0 Å². The number of rotatable bonds is 8. The van der Waals surface area contributed by atoms with Crippen molar-refractivity contribution in [1.29, 1.82) is 0 Å². The normalized spacial score (nSPS) is 12.0. The van der Waals surface area contributed by atoms with Gasteiger partial charge >= 0.3 is 5.97 Å². The molecule has 1 rings (SSSR count). The predicted octanol–water partition coefficient (Wildman–Crippen LogP) is 1.01. The lowest BCUT2D eigenvalue weighted by molar-refractivity contribution is -0.156. The van der Waals surface area contributed by atoms with Gasteiger partial charge in [-0.3, -0.25) is 14.5 Å². The van der Waals surface area contributed by atoms with Crippen LogP contribution in [-0.4, -0.2) is 45.6 Å². The van der Waals surface area contributed by atoms with Crippen LogP contribution in [-0.2, 0) is 16.1 Å². The Hall–Kier alpha value is -1.91. The third-order valence-electron chi connectivity index (χ3n) is 3.45. The Morgan fingerprint density at radius 2 is 2.30 bits per heavy atom. The lowest BCUT2D eigenvalue weighted by Gasteiger charge is -2.29. The number of ether oxygens (including phenoxy) is 1. The zero-order valence-electron chi connectivity index (χ0n) is 13.4. The molecule has 7 heteroatoms. The number of thiol groups is 1. The lowest BCUT2D eigenvalue weighted by atomic mass is 10.3. The minimum atomic E-state index is -0.518. The molecule has 0 saturated heterocycles. The van der Waals surface area contributed by atoms with Crippen LogP contribution in [0.2, 0.25) is 0 Å². The Kier molecular flexibility index (Phi) is 7.72. The Labute approximate surface area is 141 Å². The molecule has 0 aliphatic carbocycles. The van der Waals surface area contributed by atoms with Crippen molar-refractivity contribution in [2.24, 2.45) is 0 Å². The van der Waals surface area contributed by atoms with Crippen molar-refractivity contribution in [1.82, 2.24) is 9.47 Å². The molecule has 1 N–H and O–H groups in total. The van der Waals surface area contributed by atoms with Gasteiger partial charge in [0.25, 0.3) is 0 Å². The van der Waals surface area contributed by atoms with E-state index in [0.717, 1.165) is 0 Å². The van der Waals surface area contributed by atoms with Gasteiger partial charge in [-0.2, -0.15) is 12.6 Å². The lowest BCUT2D eigenvalue weighted by Crippen LogP contribution is -2.42. The van der Waals surface area contributed by atoms with E-state index >= 15 is 0 Å². The Morgan fingerprint density at radius 3 is 2.87 bits per heavy atom. The second-order valence-corrected chi connectivity index (χ2v) is 5.33. The summed E-state index contributed by atoms with van der Waals surface area (Å²) in [6, 6.07) is 1.31. The second-order valence-electron chi connectivity index (χ2n) is 4.96. The van der Waals surface area contributed by atoms with Crippen molar-refractivity contribution in [2.75, 3.05) is 18.8 Å². The molecule has 0 saturated carbocycles. The average molecular weight is 338 g/mol. The number of aromatic hydroxyl groups is 1. The molecule has 0 bridgehead atoms. The Balaban J connectivity index is 2.84. The minimum Gasteiger partial charge on any atom is -0.503 e. The standard InChI is InChI=1S/C16H22N2O4S/c1-4-7-18(14(11-23)22-15(20)5-2)10-9-17-8-6-13(19)16(21)12(17)3/h1,6,8,14,21,23H,5,7,9-11H2,2-3H3. The molecule has 0 aliphatic rings. The molecule has 0 fully saturated rings. The Morgan fingerprint density at radius 1 is 1.61 bits per heavy atom. The number of hydrogen-bond donors (Lipinski definition) is 2. The molecule has 1 heterocycles. The third-order valence-corrected chi connectivity index (χ3v) is 3.77. The molecular formula is C16H22N2O4S. The first-order chi connectivity index (χ1) is 10.9. The van der Waals surface area contributed by atoms with Gasteiger partial charge in [0.2, 0.25) is 5.43 Å². The van der Waals surface area contributed by atoms with Crippen molar-refractivity contribution in [3.05, 3.63) is 28.2 Å². The summed E-state index contributed by atoms with van der Waals surface area (Å²) in [5.74, 6) is 2.28. The topological polar surface area (TPSA) is 71.8 Å². The largest absolute Gasteiger partial charge is 0.503 e. The van der Waals surface area contributed by atoms with E-state index in [1.807, 2.05) is 4.90 Å².